The van der Waals surface area contributed by atoms with E-state index in [2.05, 4.69) is 38.1 Å². The second kappa shape index (κ2) is 8.62. The van der Waals surface area contributed by atoms with Gasteiger partial charge in [-0.2, -0.15) is 0 Å². The van der Waals surface area contributed by atoms with Crippen LogP contribution >= 0.6 is 0 Å². The van der Waals surface area contributed by atoms with E-state index >= 15 is 4.39 Å². The van der Waals surface area contributed by atoms with Gasteiger partial charge in [0.25, 0.3) is 0 Å². The van der Waals surface area contributed by atoms with Gasteiger partial charge in [0.05, 0.1) is 10.9 Å². The van der Waals surface area contributed by atoms with Crippen LogP contribution in [-0.4, -0.2) is 5.60 Å². The maximum atomic E-state index is 15.1. The Kier molecular flexibility index (Phi) is 5.96. The van der Waals surface area contributed by atoms with Crippen molar-refractivity contribution in [2.45, 2.75) is 59.8 Å². The maximum absolute atomic E-state index is 15.1. The first-order valence-electron chi connectivity index (χ1n) is 10.4. The molecule has 1 aliphatic rings. The van der Waals surface area contributed by atoms with Gasteiger partial charge in [-0.3, -0.25) is 0 Å². The van der Waals surface area contributed by atoms with Gasteiger partial charge in [-0.25, -0.2) is 4.39 Å². The molecule has 3 aromatic rings. The lowest BCUT2D eigenvalue weighted by atomic mass is 9.89. The molecule has 3 heteroatoms. The third-order valence-corrected chi connectivity index (χ3v) is 8.02. The second-order valence-corrected chi connectivity index (χ2v) is 10.2. The fourth-order valence-electron chi connectivity index (χ4n) is 4.20. The summed E-state index contributed by atoms with van der Waals surface area (Å²) >= 11 is 0. The lowest BCUT2D eigenvalue weighted by Crippen LogP contribution is -2.36. The Morgan fingerprint density at radius 1 is 0.793 bits per heavy atom. The van der Waals surface area contributed by atoms with Crippen LogP contribution in [0, 0.1) is 11.7 Å². The number of halogens is 1. The van der Waals surface area contributed by atoms with Crippen molar-refractivity contribution in [3.05, 3.63) is 84.7 Å². The maximum Gasteiger partial charge on any atom is 0.170 e. The molecule has 1 nitrogen and oxygen atoms in total. The van der Waals surface area contributed by atoms with Gasteiger partial charge < -0.3 is 4.74 Å². The van der Waals surface area contributed by atoms with Crippen LogP contribution in [-0.2, 0) is 10.9 Å². The first-order valence-corrected chi connectivity index (χ1v) is 11.6. The fourth-order valence-corrected chi connectivity index (χ4v) is 6.30. The monoisotopic (exact) mass is 407 g/mol. The number of hydrogen-bond acceptors (Lipinski definition) is 1. The van der Waals surface area contributed by atoms with Crippen LogP contribution in [0.3, 0.4) is 0 Å². The van der Waals surface area contributed by atoms with Crippen LogP contribution in [0.2, 0.25) is 0 Å². The standard InChI is InChI=1S/C26H28FOS/c1-26(2,20-11-9-10-12-20)28-25-18-17-23(19-24(25)27)29(21-13-5-3-6-14-21)22-15-7-4-8-16-22/h3-8,13-20H,9-12H2,1-2H3/q+1. The minimum atomic E-state index is -0.354. The molecule has 0 unspecified atom stereocenters. The lowest BCUT2D eigenvalue weighted by molar-refractivity contribution is 0.0424. The van der Waals surface area contributed by atoms with Crippen LogP contribution in [0.4, 0.5) is 4.39 Å². The largest absolute Gasteiger partial charge is 0.484 e. The van der Waals surface area contributed by atoms with Crippen LogP contribution in [0.1, 0.15) is 39.5 Å². The molecule has 29 heavy (non-hydrogen) atoms. The molecule has 0 radical (unpaired) electrons. The normalized spacial score (nSPS) is 15.0. The van der Waals surface area contributed by atoms with Gasteiger partial charge in [-0.05, 0) is 69.0 Å². The molecule has 0 atom stereocenters. The zero-order valence-electron chi connectivity index (χ0n) is 17.1. The van der Waals surface area contributed by atoms with Gasteiger partial charge in [0, 0.05) is 6.07 Å². The molecule has 0 spiro atoms. The second-order valence-electron chi connectivity index (χ2n) is 8.21. The molecule has 1 aliphatic carbocycles. The Hall–Kier alpha value is -2.26. The quantitative estimate of drug-likeness (QED) is 0.390. The van der Waals surface area contributed by atoms with E-state index in [1.807, 2.05) is 48.5 Å². The van der Waals surface area contributed by atoms with Gasteiger partial charge in [-0.1, -0.05) is 49.2 Å². The molecular formula is C26H28FOS+. The third kappa shape index (κ3) is 4.51. The van der Waals surface area contributed by atoms with E-state index in [1.54, 1.807) is 6.07 Å². The predicted octanol–water partition coefficient (Wildman–Crippen LogP) is 7.27. The van der Waals surface area contributed by atoms with E-state index in [0.29, 0.717) is 11.7 Å². The van der Waals surface area contributed by atoms with E-state index in [-0.39, 0.29) is 22.3 Å². The van der Waals surface area contributed by atoms with Gasteiger partial charge in [0.15, 0.2) is 26.3 Å². The summed E-state index contributed by atoms with van der Waals surface area (Å²) in [5.74, 6) is 0.568. The number of hydrogen-bond donors (Lipinski definition) is 0. The average molecular weight is 408 g/mol. The van der Waals surface area contributed by atoms with E-state index in [0.717, 1.165) is 17.7 Å². The molecule has 0 N–H and O–H groups in total. The van der Waals surface area contributed by atoms with E-state index in [1.165, 1.54) is 22.6 Å². The van der Waals surface area contributed by atoms with Crippen LogP contribution < -0.4 is 4.74 Å². The zero-order valence-corrected chi connectivity index (χ0v) is 17.9. The van der Waals surface area contributed by atoms with Crippen molar-refractivity contribution in [3.63, 3.8) is 0 Å². The SMILES string of the molecule is CC(C)(Oc1ccc([S+](c2ccccc2)c2ccccc2)cc1F)C1CCCC1. The summed E-state index contributed by atoms with van der Waals surface area (Å²) in [5, 5.41) is 0. The minimum absolute atomic E-state index is 0.280. The molecule has 3 aromatic carbocycles. The summed E-state index contributed by atoms with van der Waals surface area (Å²) in [7, 11) is -0.354. The number of benzene rings is 3. The molecule has 1 fully saturated rings. The zero-order chi connectivity index (χ0) is 20.3. The Labute approximate surface area is 176 Å². The Balaban J connectivity index is 1.66. The van der Waals surface area contributed by atoms with Crippen molar-refractivity contribution < 1.29 is 9.13 Å². The highest BCUT2D eigenvalue weighted by atomic mass is 32.2. The first-order chi connectivity index (χ1) is 14.0. The molecule has 0 amide bonds. The van der Waals surface area contributed by atoms with Gasteiger partial charge in [-0.15, -0.1) is 0 Å². The topological polar surface area (TPSA) is 9.23 Å². The summed E-state index contributed by atoms with van der Waals surface area (Å²) < 4.78 is 21.3. The molecule has 0 aromatic heterocycles. The van der Waals surface area contributed by atoms with Crippen LogP contribution in [0.5, 0.6) is 5.75 Å². The smallest absolute Gasteiger partial charge is 0.170 e. The third-order valence-electron chi connectivity index (χ3n) is 5.81. The van der Waals surface area contributed by atoms with Crippen LogP contribution in [0.15, 0.2) is 93.5 Å². The van der Waals surface area contributed by atoms with Crippen molar-refractivity contribution in [1.82, 2.24) is 0 Å². The average Bonchev–Trinajstić information content (AvgIpc) is 3.28. The van der Waals surface area contributed by atoms with Gasteiger partial charge in [0.1, 0.15) is 5.60 Å². The Bertz CT molecular complexity index is 894. The van der Waals surface area contributed by atoms with E-state index in [9.17, 15) is 0 Å². The predicted molar refractivity (Wildman–Crippen MR) is 118 cm³/mol. The highest BCUT2D eigenvalue weighted by Gasteiger charge is 2.35. The molecular weight excluding hydrogens is 379 g/mol. The van der Waals surface area contributed by atoms with Gasteiger partial charge in [0.2, 0.25) is 0 Å². The van der Waals surface area contributed by atoms with E-state index in [4.69, 9.17) is 4.74 Å². The highest BCUT2D eigenvalue weighted by Crippen LogP contribution is 2.38. The summed E-state index contributed by atoms with van der Waals surface area (Å²) in [4.78, 5) is 3.32. The molecule has 0 heterocycles. The van der Waals surface area contributed by atoms with Crippen molar-refractivity contribution in [2.75, 3.05) is 0 Å². The summed E-state index contributed by atoms with van der Waals surface area (Å²) in [5.41, 5.74) is -0.348. The highest BCUT2D eigenvalue weighted by molar-refractivity contribution is 7.97. The van der Waals surface area contributed by atoms with Crippen molar-refractivity contribution >= 4 is 10.9 Å². The van der Waals surface area contributed by atoms with Crippen molar-refractivity contribution in [2.24, 2.45) is 5.92 Å². The number of ether oxygens (including phenoxy) is 1. The summed E-state index contributed by atoms with van der Waals surface area (Å²) in [6.07, 6.45) is 4.82. The summed E-state index contributed by atoms with van der Waals surface area (Å²) in [6, 6.07) is 26.1. The Morgan fingerprint density at radius 3 is 1.86 bits per heavy atom. The fraction of sp³-hybridized carbons (Fsp3) is 0.308. The molecule has 4 rings (SSSR count). The molecule has 150 valence electrons. The van der Waals surface area contributed by atoms with Crippen molar-refractivity contribution in [3.8, 4) is 5.75 Å². The number of rotatable bonds is 6. The minimum Gasteiger partial charge on any atom is -0.484 e. The molecule has 0 bridgehead atoms. The van der Waals surface area contributed by atoms with Crippen molar-refractivity contribution in [1.29, 1.82) is 0 Å². The molecule has 0 saturated heterocycles. The Morgan fingerprint density at radius 2 is 1.34 bits per heavy atom. The molecule has 1 saturated carbocycles. The lowest BCUT2D eigenvalue weighted by Gasteiger charge is -2.32. The molecule has 0 aliphatic heterocycles. The summed E-state index contributed by atoms with van der Waals surface area (Å²) in [6.45, 7) is 4.18. The first kappa shape index (κ1) is 20.0. The van der Waals surface area contributed by atoms with Crippen LogP contribution in [0.25, 0.3) is 0 Å². The van der Waals surface area contributed by atoms with Gasteiger partial charge >= 0.3 is 0 Å². The van der Waals surface area contributed by atoms with E-state index < -0.39 is 0 Å².